The SMILES string of the molecule is COc1cc2c(cc1OCCCN1CCOCC1)=NCC(=C=O)C=2N1CCN(C(=O)Nc2ccc(OC(C)C)cc2)CC1. The van der Waals surface area contributed by atoms with Gasteiger partial charge in [-0.05, 0) is 50.6 Å². The highest BCUT2D eigenvalue weighted by Gasteiger charge is 2.27. The van der Waals surface area contributed by atoms with E-state index in [9.17, 15) is 9.59 Å². The van der Waals surface area contributed by atoms with Crippen molar-refractivity contribution in [2.45, 2.75) is 26.4 Å². The van der Waals surface area contributed by atoms with Crippen molar-refractivity contribution in [2.24, 2.45) is 4.99 Å². The summed E-state index contributed by atoms with van der Waals surface area (Å²) >= 11 is 0. The van der Waals surface area contributed by atoms with Crippen LogP contribution >= 0.6 is 0 Å². The van der Waals surface area contributed by atoms with Crippen LogP contribution in [0.3, 0.4) is 0 Å². The molecule has 2 amide bonds. The zero-order valence-electron chi connectivity index (χ0n) is 25.3. The monoisotopic (exact) mass is 591 g/mol. The van der Waals surface area contributed by atoms with E-state index >= 15 is 0 Å². The molecule has 5 rings (SSSR count). The molecule has 0 atom stereocenters. The molecule has 3 aliphatic rings. The topological polar surface area (TPSA) is 105 Å². The molecular formula is C32H41N5O6. The molecule has 0 radical (unpaired) electrons. The minimum Gasteiger partial charge on any atom is -0.493 e. The Kier molecular flexibility index (Phi) is 10.2. The second-order valence-electron chi connectivity index (χ2n) is 11.0. The lowest BCUT2D eigenvalue weighted by molar-refractivity contribution is 0.0357. The van der Waals surface area contributed by atoms with Gasteiger partial charge in [-0.2, -0.15) is 0 Å². The predicted octanol–water partition coefficient (Wildman–Crippen LogP) is 1.93. The van der Waals surface area contributed by atoms with Gasteiger partial charge in [0.05, 0.1) is 56.2 Å². The fraction of sp³-hybridized carbons (Fsp3) is 0.500. The van der Waals surface area contributed by atoms with Gasteiger partial charge in [0.1, 0.15) is 11.7 Å². The number of hydrogen-bond acceptors (Lipinski definition) is 9. The third kappa shape index (κ3) is 7.67. The Balaban J connectivity index is 1.25. The average molecular weight is 592 g/mol. The fourth-order valence-corrected chi connectivity index (χ4v) is 5.51. The van der Waals surface area contributed by atoms with Crippen LogP contribution in [0.4, 0.5) is 10.5 Å². The number of morpholine rings is 1. The Hall–Kier alpha value is -4.05. The number of hydrogen-bond donors (Lipinski definition) is 1. The van der Waals surface area contributed by atoms with E-state index in [0.717, 1.165) is 61.3 Å². The Bertz CT molecular complexity index is 1440. The van der Waals surface area contributed by atoms with Crippen molar-refractivity contribution in [2.75, 3.05) is 84.6 Å². The number of piperazine rings is 1. The highest BCUT2D eigenvalue weighted by atomic mass is 16.5. The van der Waals surface area contributed by atoms with Gasteiger partial charge in [0.15, 0.2) is 11.5 Å². The van der Waals surface area contributed by atoms with Crippen molar-refractivity contribution in [1.82, 2.24) is 14.7 Å². The fourth-order valence-electron chi connectivity index (χ4n) is 5.51. The number of nitrogens with one attached hydrogen (secondary N) is 1. The molecule has 0 bridgehead atoms. The van der Waals surface area contributed by atoms with Gasteiger partial charge in [-0.25, -0.2) is 9.59 Å². The molecule has 11 nitrogen and oxygen atoms in total. The largest absolute Gasteiger partial charge is 0.493 e. The first kappa shape index (κ1) is 30.4. The van der Waals surface area contributed by atoms with Crippen LogP contribution in [0.1, 0.15) is 20.3 Å². The molecule has 0 aliphatic carbocycles. The number of carbonyl (C=O) groups is 1. The molecule has 2 aromatic carbocycles. The first-order valence-electron chi connectivity index (χ1n) is 15.0. The number of fused-ring (bicyclic) bond motifs is 1. The van der Waals surface area contributed by atoms with E-state index in [4.69, 9.17) is 18.9 Å². The van der Waals surface area contributed by atoms with E-state index in [1.165, 1.54) is 0 Å². The summed E-state index contributed by atoms with van der Waals surface area (Å²) in [4.78, 5) is 35.9. The summed E-state index contributed by atoms with van der Waals surface area (Å²) in [6.07, 6.45) is 0.976. The van der Waals surface area contributed by atoms with Crippen molar-refractivity contribution >= 4 is 23.4 Å². The van der Waals surface area contributed by atoms with Crippen LogP contribution in [0, 0.1) is 0 Å². The van der Waals surface area contributed by atoms with Gasteiger partial charge in [0.25, 0.3) is 0 Å². The van der Waals surface area contributed by atoms with Crippen LogP contribution in [0.2, 0.25) is 0 Å². The van der Waals surface area contributed by atoms with Crippen molar-refractivity contribution in [3.63, 3.8) is 0 Å². The first-order valence-corrected chi connectivity index (χ1v) is 15.0. The molecule has 3 aliphatic heterocycles. The Morgan fingerprint density at radius 3 is 2.47 bits per heavy atom. The quantitative estimate of drug-likeness (QED) is 0.330. The number of ether oxygens (including phenoxy) is 4. The molecule has 0 spiro atoms. The summed E-state index contributed by atoms with van der Waals surface area (Å²) in [7, 11) is 1.61. The molecule has 0 unspecified atom stereocenters. The summed E-state index contributed by atoms with van der Waals surface area (Å²) in [6.45, 7) is 11.3. The number of rotatable bonds is 10. The smallest absolute Gasteiger partial charge is 0.321 e. The van der Waals surface area contributed by atoms with Gasteiger partial charge >= 0.3 is 6.03 Å². The van der Waals surface area contributed by atoms with Crippen molar-refractivity contribution in [3.8, 4) is 17.2 Å². The molecule has 2 aromatic rings. The Labute approximate surface area is 252 Å². The van der Waals surface area contributed by atoms with E-state index in [0.29, 0.717) is 55.5 Å². The van der Waals surface area contributed by atoms with Crippen LogP contribution in [-0.2, 0) is 9.53 Å². The maximum Gasteiger partial charge on any atom is 0.321 e. The Morgan fingerprint density at radius 1 is 1.05 bits per heavy atom. The number of urea groups is 1. The lowest BCUT2D eigenvalue weighted by Crippen LogP contribution is -2.51. The molecule has 0 aromatic heterocycles. The maximum atomic E-state index is 13.0. The summed E-state index contributed by atoms with van der Waals surface area (Å²) in [5.74, 6) is 4.09. The number of nitrogens with zero attached hydrogens (tertiary/aromatic N) is 4. The van der Waals surface area contributed by atoms with Gasteiger partial charge in [0.2, 0.25) is 0 Å². The summed E-state index contributed by atoms with van der Waals surface area (Å²) < 4.78 is 22.9. The number of anilines is 1. The molecule has 3 heterocycles. The van der Waals surface area contributed by atoms with E-state index in [2.05, 4.69) is 26.1 Å². The third-order valence-electron chi connectivity index (χ3n) is 7.69. The summed E-state index contributed by atoms with van der Waals surface area (Å²) in [6, 6.07) is 11.0. The van der Waals surface area contributed by atoms with Gasteiger partial charge in [-0.1, -0.05) is 0 Å². The second-order valence-corrected chi connectivity index (χ2v) is 11.0. The van der Waals surface area contributed by atoms with Crippen LogP contribution in [0.25, 0.3) is 5.70 Å². The maximum absolute atomic E-state index is 13.0. The average Bonchev–Trinajstić information content (AvgIpc) is 3.03. The molecule has 43 heavy (non-hydrogen) atoms. The zero-order chi connectivity index (χ0) is 30.2. The minimum absolute atomic E-state index is 0.0844. The minimum atomic E-state index is -0.163. The molecule has 2 saturated heterocycles. The highest BCUT2D eigenvalue weighted by molar-refractivity contribution is 5.89. The van der Waals surface area contributed by atoms with Crippen LogP contribution in [0.15, 0.2) is 47.0 Å². The van der Waals surface area contributed by atoms with Crippen molar-refractivity contribution in [1.29, 1.82) is 0 Å². The zero-order valence-corrected chi connectivity index (χ0v) is 25.3. The molecule has 0 saturated carbocycles. The van der Waals surface area contributed by atoms with Gasteiger partial charge in [0, 0.05) is 62.8 Å². The van der Waals surface area contributed by atoms with E-state index in [1.54, 1.807) is 12.0 Å². The van der Waals surface area contributed by atoms with E-state index in [1.807, 2.05) is 50.2 Å². The number of benzene rings is 2. The number of methoxy groups -OCH3 is 1. The van der Waals surface area contributed by atoms with E-state index in [-0.39, 0.29) is 18.7 Å². The predicted molar refractivity (Wildman–Crippen MR) is 163 cm³/mol. The first-order chi connectivity index (χ1) is 20.9. The highest BCUT2D eigenvalue weighted by Crippen LogP contribution is 2.26. The lowest BCUT2D eigenvalue weighted by Gasteiger charge is -2.37. The standard InChI is InChI=1S/C32H41N5O6/c1-23(2)43-26-7-5-25(6-8-26)34-32(39)37-12-10-36(11-13-37)31-24(22-38)21-33-28-20-30(29(40-3)19-27(28)31)42-16-4-9-35-14-17-41-18-15-35/h5-8,19-20,23H,4,9-18,21H2,1-3H3,(H,34,39). The van der Waals surface area contributed by atoms with Crippen LogP contribution < -0.4 is 30.1 Å². The second kappa shape index (κ2) is 14.4. The third-order valence-corrected chi connectivity index (χ3v) is 7.69. The Morgan fingerprint density at radius 2 is 1.79 bits per heavy atom. The summed E-state index contributed by atoms with van der Waals surface area (Å²) in [5.41, 5.74) is 1.99. The van der Waals surface area contributed by atoms with Crippen LogP contribution in [0.5, 0.6) is 17.2 Å². The number of amides is 2. The van der Waals surface area contributed by atoms with E-state index < -0.39 is 0 Å². The van der Waals surface area contributed by atoms with Gasteiger partial charge < -0.3 is 34.1 Å². The normalized spacial score (nSPS) is 17.2. The molecule has 230 valence electrons. The molecule has 11 heteroatoms. The lowest BCUT2D eigenvalue weighted by atomic mass is 10.0. The van der Waals surface area contributed by atoms with Crippen molar-refractivity contribution < 1.29 is 28.5 Å². The van der Waals surface area contributed by atoms with Crippen LogP contribution in [-0.4, -0.2) is 112 Å². The molecular weight excluding hydrogens is 550 g/mol. The van der Waals surface area contributed by atoms with Crippen molar-refractivity contribution in [3.05, 3.63) is 52.5 Å². The number of carbonyl (C=O) groups excluding carboxylic acids is 2. The molecule has 1 N–H and O–H groups in total. The summed E-state index contributed by atoms with van der Waals surface area (Å²) in [5, 5.41) is 4.53. The molecule has 2 fully saturated rings. The van der Waals surface area contributed by atoms with Gasteiger partial charge in [-0.3, -0.25) is 9.89 Å². The van der Waals surface area contributed by atoms with Gasteiger partial charge in [-0.15, -0.1) is 0 Å².